The Labute approximate surface area is 389 Å². The van der Waals surface area contributed by atoms with Crippen LogP contribution >= 0.6 is 0 Å². The van der Waals surface area contributed by atoms with Crippen LogP contribution in [0.3, 0.4) is 0 Å². The maximum absolute atomic E-state index is 16.3. The molecule has 0 saturated heterocycles. The summed E-state index contributed by atoms with van der Waals surface area (Å²) in [5.74, 6) is 0.262. The van der Waals surface area contributed by atoms with Gasteiger partial charge in [-0.05, 0) is 115 Å². The van der Waals surface area contributed by atoms with Crippen molar-refractivity contribution in [3.8, 4) is 22.8 Å². The molecule has 4 amide bonds. The first-order valence-electron chi connectivity index (χ1n) is 21.9. The van der Waals surface area contributed by atoms with Crippen LogP contribution < -0.4 is 10.6 Å². The minimum absolute atomic E-state index is 0.0289. The van der Waals surface area contributed by atoms with Crippen molar-refractivity contribution in [2.45, 2.75) is 98.5 Å². The molecule has 18 heteroatoms. The molecular formula is C49H58FN9O8. The van der Waals surface area contributed by atoms with E-state index in [2.05, 4.69) is 30.8 Å². The second kappa shape index (κ2) is 20.4. The molecule has 2 aliphatic heterocycles. The summed E-state index contributed by atoms with van der Waals surface area (Å²) < 4.78 is 34.3. The molecule has 0 bridgehead atoms. The zero-order valence-corrected chi connectivity index (χ0v) is 39.3. The van der Waals surface area contributed by atoms with Crippen molar-refractivity contribution >= 4 is 47.4 Å². The molecule has 67 heavy (non-hydrogen) atoms. The Kier molecular flexibility index (Phi) is 15.0. The minimum Gasteiger partial charge on any atom is -0.465 e. The lowest BCUT2D eigenvalue weighted by molar-refractivity contribution is 0.0550. The van der Waals surface area contributed by atoms with Gasteiger partial charge < -0.3 is 33.7 Å². The molecule has 0 spiro atoms. The van der Waals surface area contributed by atoms with E-state index in [0.29, 0.717) is 56.2 Å². The predicted molar refractivity (Wildman–Crippen MR) is 253 cm³/mol. The Morgan fingerprint density at radius 3 is 1.64 bits per heavy atom. The lowest BCUT2D eigenvalue weighted by Gasteiger charge is -2.30. The normalized spacial score (nSPS) is 15.0. The van der Waals surface area contributed by atoms with Crippen LogP contribution in [0.15, 0.2) is 94.9 Å². The number of carbonyl (C=O) groups is 4. The fraction of sp³-hybridized carbons (Fsp3) is 0.388. The summed E-state index contributed by atoms with van der Waals surface area (Å²) in [6, 6.07) is 22.6. The number of amides is 4. The highest BCUT2D eigenvalue weighted by Crippen LogP contribution is 2.32. The number of carbonyl (C=O) groups excluding carboxylic acids is 3. The molecule has 3 heterocycles. The molecular weight excluding hydrogens is 862 g/mol. The number of hydrogen-bond donors (Lipinski definition) is 3. The van der Waals surface area contributed by atoms with Crippen molar-refractivity contribution in [3.63, 3.8) is 0 Å². The third-order valence-electron chi connectivity index (χ3n) is 10.1. The van der Waals surface area contributed by atoms with Gasteiger partial charge in [0.2, 0.25) is 11.9 Å². The third-order valence-corrected chi connectivity index (χ3v) is 10.1. The standard InChI is InChI=1S/C49H58FN9O8/c1-47(2,3)65-44(62)52-41(51-43(60)61)57-27-23-34(24-28-57)36-19-20-37(38(50)29-36)40-56-55-39(59(40)30-31-13-11-10-12-14-31)35-17-15-32(16-18-35)33-21-25-58(26-22-33)42(53-45(63)66-48(4,5)6)54-46(64)67-49(7,8)9/h10-21,23,29H,22,24-28,30H2,1-9H3,(H,60,61)(H,51,52,62)(H,53,54,63,64). The molecule has 3 aromatic carbocycles. The first-order valence-corrected chi connectivity index (χ1v) is 21.9. The molecule has 3 N–H and O–H groups in total. The van der Waals surface area contributed by atoms with Crippen LogP contribution in [0, 0.1) is 5.82 Å². The Hall–Kier alpha value is -7.37. The van der Waals surface area contributed by atoms with Gasteiger partial charge in [-0.15, -0.1) is 20.2 Å². The van der Waals surface area contributed by atoms with Crippen LogP contribution in [-0.2, 0) is 20.8 Å². The van der Waals surface area contributed by atoms with Crippen molar-refractivity contribution in [1.29, 1.82) is 0 Å². The number of guanidine groups is 2. The number of hydrogen-bond acceptors (Lipinski definition) is 9. The van der Waals surface area contributed by atoms with E-state index in [1.807, 2.05) is 77.4 Å². The minimum atomic E-state index is -1.38. The smallest absolute Gasteiger partial charge is 0.437 e. The highest BCUT2D eigenvalue weighted by Gasteiger charge is 2.27. The summed E-state index contributed by atoms with van der Waals surface area (Å²) in [5.41, 5.74) is 3.15. The number of carboxylic acid groups (broad SMARTS) is 1. The molecule has 17 nitrogen and oxygen atoms in total. The molecule has 0 aliphatic carbocycles. The van der Waals surface area contributed by atoms with Gasteiger partial charge in [0.05, 0.1) is 12.1 Å². The van der Waals surface area contributed by atoms with Crippen LogP contribution in [0.5, 0.6) is 0 Å². The number of alkyl carbamates (subject to hydrolysis) is 1. The second-order valence-electron chi connectivity index (χ2n) is 18.9. The van der Waals surface area contributed by atoms with Gasteiger partial charge >= 0.3 is 24.4 Å². The first-order chi connectivity index (χ1) is 31.5. The lowest BCUT2D eigenvalue weighted by Crippen LogP contribution is -2.48. The van der Waals surface area contributed by atoms with E-state index in [4.69, 9.17) is 14.2 Å². The van der Waals surface area contributed by atoms with Gasteiger partial charge in [-0.1, -0.05) is 72.8 Å². The summed E-state index contributed by atoms with van der Waals surface area (Å²) >= 11 is 0. The molecule has 0 atom stereocenters. The van der Waals surface area contributed by atoms with Crippen molar-refractivity contribution < 1.29 is 42.9 Å². The largest absolute Gasteiger partial charge is 0.465 e. The van der Waals surface area contributed by atoms with E-state index in [-0.39, 0.29) is 24.0 Å². The van der Waals surface area contributed by atoms with Gasteiger partial charge in [-0.3, -0.25) is 10.6 Å². The summed E-state index contributed by atoms with van der Waals surface area (Å²) in [7, 11) is 0. The van der Waals surface area contributed by atoms with Gasteiger partial charge in [-0.2, -0.15) is 0 Å². The van der Waals surface area contributed by atoms with Crippen LogP contribution in [0.4, 0.5) is 23.6 Å². The molecule has 0 radical (unpaired) electrons. The van der Waals surface area contributed by atoms with E-state index in [9.17, 15) is 24.3 Å². The molecule has 4 aromatic rings. The molecule has 0 saturated carbocycles. The topological polar surface area (TPSA) is 202 Å². The molecule has 0 fully saturated rings. The zero-order valence-electron chi connectivity index (χ0n) is 39.3. The SMILES string of the molecule is CC(C)(C)OC(=O)/N=C(/NC(=O)OC(C)(C)C)N1CC=C(c2ccc(-c3nnc(-c4ccc(C5=CCN(/C(=N/C(=O)OC(C)(C)C)NC(=O)O)CC5)cc4F)n3Cc3ccccc3)cc2)CC1. The van der Waals surface area contributed by atoms with Gasteiger partial charge in [0.15, 0.2) is 11.6 Å². The fourth-order valence-corrected chi connectivity index (χ4v) is 7.20. The number of benzene rings is 3. The highest BCUT2D eigenvalue weighted by atomic mass is 19.1. The van der Waals surface area contributed by atoms with Gasteiger partial charge in [0, 0.05) is 31.7 Å². The molecule has 354 valence electrons. The average Bonchev–Trinajstić information content (AvgIpc) is 3.64. The summed E-state index contributed by atoms with van der Waals surface area (Å²) in [4.78, 5) is 60.7. The van der Waals surface area contributed by atoms with Crippen LogP contribution in [-0.4, -0.2) is 109 Å². The van der Waals surface area contributed by atoms with E-state index in [1.54, 1.807) is 78.2 Å². The Bertz CT molecular complexity index is 2600. The summed E-state index contributed by atoms with van der Waals surface area (Å²) in [6.07, 6.45) is 0.964. The Morgan fingerprint density at radius 2 is 1.15 bits per heavy atom. The predicted octanol–water partition coefficient (Wildman–Crippen LogP) is 9.35. The van der Waals surface area contributed by atoms with Crippen molar-refractivity contribution in [2.75, 3.05) is 26.2 Å². The van der Waals surface area contributed by atoms with Crippen LogP contribution in [0.25, 0.3) is 33.9 Å². The number of rotatable bonds is 6. The zero-order chi connectivity index (χ0) is 48.7. The molecule has 6 rings (SSSR count). The number of aromatic nitrogens is 3. The van der Waals surface area contributed by atoms with E-state index in [0.717, 1.165) is 27.8 Å². The first kappa shape index (κ1) is 49.1. The van der Waals surface area contributed by atoms with E-state index in [1.165, 1.54) is 6.07 Å². The average molecular weight is 920 g/mol. The van der Waals surface area contributed by atoms with Crippen molar-refractivity contribution in [2.24, 2.45) is 9.98 Å². The maximum atomic E-state index is 16.3. The number of ether oxygens (including phenoxy) is 3. The molecule has 0 unspecified atom stereocenters. The van der Waals surface area contributed by atoms with Crippen molar-refractivity contribution in [3.05, 3.63) is 107 Å². The monoisotopic (exact) mass is 919 g/mol. The molecule has 1 aromatic heterocycles. The molecule has 2 aliphatic rings. The quantitative estimate of drug-likeness (QED) is 0.0941. The van der Waals surface area contributed by atoms with E-state index < -0.39 is 47.0 Å². The van der Waals surface area contributed by atoms with Gasteiger partial charge in [-0.25, -0.2) is 23.6 Å². The summed E-state index contributed by atoms with van der Waals surface area (Å²) in [5, 5.41) is 23.3. The lowest BCUT2D eigenvalue weighted by atomic mass is 9.97. The summed E-state index contributed by atoms with van der Waals surface area (Å²) in [6.45, 7) is 17.2. The second-order valence-corrected chi connectivity index (χ2v) is 18.9. The fourth-order valence-electron chi connectivity index (χ4n) is 7.20. The third kappa shape index (κ3) is 14.1. The van der Waals surface area contributed by atoms with Crippen LogP contribution in [0.1, 0.15) is 91.8 Å². The highest BCUT2D eigenvalue weighted by molar-refractivity contribution is 6.00. The Balaban J connectivity index is 1.22. The van der Waals surface area contributed by atoms with Gasteiger partial charge in [0.1, 0.15) is 22.6 Å². The van der Waals surface area contributed by atoms with Gasteiger partial charge in [0.25, 0.3) is 0 Å². The maximum Gasteiger partial charge on any atom is 0.437 e. The van der Waals surface area contributed by atoms with E-state index >= 15 is 4.39 Å². The van der Waals surface area contributed by atoms with Crippen molar-refractivity contribution in [1.82, 2.24) is 35.2 Å². The number of aliphatic imine (C=N–C) groups is 2. The number of nitrogens with one attached hydrogen (secondary N) is 2. The number of halogens is 1. The van der Waals surface area contributed by atoms with Crippen LogP contribution in [0.2, 0.25) is 0 Å². The number of nitrogens with zero attached hydrogens (tertiary/aromatic N) is 7. The Morgan fingerprint density at radius 1 is 0.657 bits per heavy atom.